The van der Waals surface area contributed by atoms with Crippen molar-refractivity contribution in [2.24, 2.45) is 0 Å². The fourth-order valence-corrected chi connectivity index (χ4v) is 1.06. The summed E-state index contributed by atoms with van der Waals surface area (Å²) >= 11 is 3.19. The SMILES string of the molecule is Cc1nc(OC(C)C(F)(F)F)ccc1Br. The molecule has 0 amide bonds. The van der Waals surface area contributed by atoms with Crippen molar-refractivity contribution in [3.63, 3.8) is 0 Å². The molecule has 15 heavy (non-hydrogen) atoms. The fourth-order valence-electron chi connectivity index (χ4n) is 0.835. The predicted octanol–water partition coefficient (Wildman–Crippen LogP) is 3.48. The lowest BCUT2D eigenvalue weighted by molar-refractivity contribution is -0.190. The summed E-state index contributed by atoms with van der Waals surface area (Å²) in [6.45, 7) is 2.62. The Balaban J connectivity index is 2.78. The second kappa shape index (κ2) is 4.38. The van der Waals surface area contributed by atoms with Crippen LogP contribution in [-0.4, -0.2) is 17.3 Å². The van der Waals surface area contributed by atoms with Crippen LogP contribution in [0, 0.1) is 6.92 Å². The first-order chi connectivity index (χ1) is 6.80. The molecule has 2 nitrogen and oxygen atoms in total. The first-order valence-corrected chi connectivity index (χ1v) is 4.96. The van der Waals surface area contributed by atoms with Crippen LogP contribution in [0.2, 0.25) is 0 Å². The van der Waals surface area contributed by atoms with Crippen molar-refractivity contribution in [1.29, 1.82) is 0 Å². The summed E-state index contributed by atoms with van der Waals surface area (Å²) in [7, 11) is 0. The first-order valence-electron chi connectivity index (χ1n) is 4.17. The van der Waals surface area contributed by atoms with Gasteiger partial charge in [0, 0.05) is 10.5 Å². The van der Waals surface area contributed by atoms with Crippen LogP contribution in [0.4, 0.5) is 13.2 Å². The van der Waals surface area contributed by atoms with Gasteiger partial charge in [-0.3, -0.25) is 0 Å². The third-order valence-corrected chi connectivity index (χ3v) is 2.59. The van der Waals surface area contributed by atoms with Crippen LogP contribution in [0.5, 0.6) is 5.88 Å². The molecule has 1 aromatic heterocycles. The van der Waals surface area contributed by atoms with Gasteiger partial charge in [0.05, 0.1) is 5.69 Å². The van der Waals surface area contributed by atoms with Gasteiger partial charge in [-0.25, -0.2) is 4.98 Å². The molecule has 0 aliphatic carbocycles. The zero-order chi connectivity index (χ0) is 11.6. The topological polar surface area (TPSA) is 22.1 Å². The summed E-state index contributed by atoms with van der Waals surface area (Å²) < 4.78 is 41.8. The highest BCUT2D eigenvalue weighted by Crippen LogP contribution is 2.25. The van der Waals surface area contributed by atoms with Gasteiger partial charge in [-0.2, -0.15) is 13.2 Å². The van der Waals surface area contributed by atoms with Crippen LogP contribution in [-0.2, 0) is 0 Å². The highest BCUT2D eigenvalue weighted by molar-refractivity contribution is 9.10. The van der Waals surface area contributed by atoms with Gasteiger partial charge in [0.25, 0.3) is 0 Å². The molecule has 6 heteroatoms. The Morgan fingerprint density at radius 2 is 2.00 bits per heavy atom. The van der Waals surface area contributed by atoms with E-state index in [0.29, 0.717) is 5.69 Å². The molecule has 1 unspecified atom stereocenters. The van der Waals surface area contributed by atoms with Gasteiger partial charge < -0.3 is 4.74 Å². The number of alkyl halides is 3. The smallest absolute Gasteiger partial charge is 0.425 e. The van der Waals surface area contributed by atoms with E-state index in [-0.39, 0.29) is 5.88 Å². The number of hydrogen-bond donors (Lipinski definition) is 0. The monoisotopic (exact) mass is 283 g/mol. The Kier molecular flexibility index (Phi) is 3.59. The van der Waals surface area contributed by atoms with Crippen molar-refractivity contribution in [1.82, 2.24) is 4.98 Å². The molecule has 0 aromatic carbocycles. The van der Waals surface area contributed by atoms with Crippen LogP contribution in [0.3, 0.4) is 0 Å². The molecule has 1 heterocycles. The minimum absolute atomic E-state index is 0.0273. The van der Waals surface area contributed by atoms with Gasteiger partial charge in [0.15, 0.2) is 6.10 Å². The second-order valence-corrected chi connectivity index (χ2v) is 3.87. The molecule has 1 aromatic rings. The summed E-state index contributed by atoms with van der Waals surface area (Å²) in [5, 5.41) is 0. The fraction of sp³-hybridized carbons (Fsp3) is 0.444. The van der Waals surface area contributed by atoms with E-state index in [1.54, 1.807) is 13.0 Å². The van der Waals surface area contributed by atoms with E-state index in [1.165, 1.54) is 6.07 Å². The maximum absolute atomic E-state index is 12.2. The van der Waals surface area contributed by atoms with Gasteiger partial charge in [0.2, 0.25) is 5.88 Å². The molecule has 0 spiro atoms. The normalized spacial score (nSPS) is 13.7. The molecule has 0 radical (unpaired) electrons. The zero-order valence-electron chi connectivity index (χ0n) is 8.10. The van der Waals surface area contributed by atoms with E-state index in [2.05, 4.69) is 25.7 Å². The van der Waals surface area contributed by atoms with Crippen LogP contribution >= 0.6 is 15.9 Å². The van der Waals surface area contributed by atoms with Crippen LogP contribution in [0.25, 0.3) is 0 Å². The van der Waals surface area contributed by atoms with Crippen molar-refractivity contribution in [3.05, 3.63) is 22.3 Å². The van der Waals surface area contributed by atoms with Crippen molar-refractivity contribution in [2.45, 2.75) is 26.1 Å². The molecule has 0 aliphatic heterocycles. The van der Waals surface area contributed by atoms with Gasteiger partial charge in [-0.1, -0.05) is 0 Å². The van der Waals surface area contributed by atoms with E-state index >= 15 is 0 Å². The molecule has 0 bridgehead atoms. The number of hydrogen-bond acceptors (Lipinski definition) is 2. The first kappa shape index (κ1) is 12.3. The van der Waals surface area contributed by atoms with E-state index in [1.807, 2.05) is 0 Å². The summed E-state index contributed by atoms with van der Waals surface area (Å²) in [6.07, 6.45) is -6.23. The van der Waals surface area contributed by atoms with Crippen LogP contribution in [0.15, 0.2) is 16.6 Å². The number of rotatable bonds is 2. The Hall–Kier alpha value is -0.780. The van der Waals surface area contributed by atoms with Gasteiger partial charge in [-0.15, -0.1) is 0 Å². The second-order valence-electron chi connectivity index (χ2n) is 3.02. The lowest BCUT2D eigenvalue weighted by Crippen LogP contribution is -2.31. The Bertz CT molecular complexity index is 354. The molecule has 0 aliphatic rings. The highest BCUT2D eigenvalue weighted by atomic mass is 79.9. The average Bonchev–Trinajstić information content (AvgIpc) is 2.10. The molecular formula is C9H9BrF3NO. The lowest BCUT2D eigenvalue weighted by atomic mass is 10.3. The number of ether oxygens (including phenoxy) is 1. The third-order valence-electron chi connectivity index (χ3n) is 1.75. The summed E-state index contributed by atoms with van der Waals surface area (Å²) in [5.41, 5.74) is 0.585. The molecular weight excluding hydrogens is 275 g/mol. The standard InChI is InChI=1S/C9H9BrF3NO/c1-5-7(10)3-4-8(14-5)15-6(2)9(11,12)13/h3-4,6H,1-2H3. The number of aromatic nitrogens is 1. The molecule has 84 valence electrons. The van der Waals surface area contributed by atoms with Gasteiger partial charge in [0.1, 0.15) is 0 Å². The molecule has 1 atom stereocenters. The summed E-state index contributed by atoms with van der Waals surface area (Å²) in [4.78, 5) is 3.86. The highest BCUT2D eigenvalue weighted by Gasteiger charge is 2.38. The molecule has 0 saturated heterocycles. The molecule has 0 N–H and O–H groups in total. The number of nitrogens with zero attached hydrogens (tertiary/aromatic N) is 1. The maximum atomic E-state index is 12.2. The maximum Gasteiger partial charge on any atom is 0.425 e. The largest absolute Gasteiger partial charge is 0.465 e. The van der Waals surface area contributed by atoms with Crippen molar-refractivity contribution < 1.29 is 17.9 Å². The van der Waals surface area contributed by atoms with E-state index < -0.39 is 12.3 Å². The van der Waals surface area contributed by atoms with Crippen molar-refractivity contribution in [2.75, 3.05) is 0 Å². The number of pyridine rings is 1. The van der Waals surface area contributed by atoms with Crippen molar-refractivity contribution >= 4 is 15.9 Å². The zero-order valence-corrected chi connectivity index (χ0v) is 9.69. The van der Waals surface area contributed by atoms with Gasteiger partial charge >= 0.3 is 6.18 Å². The quantitative estimate of drug-likeness (QED) is 0.829. The molecule has 0 saturated carbocycles. The third kappa shape index (κ3) is 3.37. The summed E-state index contributed by atoms with van der Waals surface area (Å²) in [5.74, 6) is -0.0273. The van der Waals surface area contributed by atoms with Crippen molar-refractivity contribution in [3.8, 4) is 5.88 Å². The van der Waals surface area contributed by atoms with E-state index in [9.17, 15) is 13.2 Å². The summed E-state index contributed by atoms with van der Waals surface area (Å²) in [6, 6.07) is 2.99. The minimum atomic E-state index is -4.37. The van der Waals surface area contributed by atoms with E-state index in [0.717, 1.165) is 11.4 Å². The average molecular weight is 284 g/mol. The molecule has 1 rings (SSSR count). The Morgan fingerprint density at radius 1 is 1.40 bits per heavy atom. The number of aryl methyl sites for hydroxylation is 1. The number of halogens is 4. The van der Waals surface area contributed by atoms with E-state index in [4.69, 9.17) is 0 Å². The Morgan fingerprint density at radius 3 is 2.47 bits per heavy atom. The van der Waals surface area contributed by atoms with Crippen LogP contribution in [0.1, 0.15) is 12.6 Å². The van der Waals surface area contributed by atoms with Crippen LogP contribution < -0.4 is 4.74 Å². The van der Waals surface area contributed by atoms with Gasteiger partial charge in [-0.05, 0) is 35.8 Å². The minimum Gasteiger partial charge on any atom is -0.465 e. The molecule has 0 fully saturated rings. The Labute approximate surface area is 93.6 Å². The predicted molar refractivity (Wildman–Crippen MR) is 52.8 cm³/mol. The lowest BCUT2D eigenvalue weighted by Gasteiger charge is -2.17.